The predicted octanol–water partition coefficient (Wildman–Crippen LogP) is 11.1. The van der Waals surface area contributed by atoms with Crippen LogP contribution in [0.1, 0.15) is 135 Å². The van der Waals surface area contributed by atoms with Gasteiger partial charge in [0, 0.05) is 23.2 Å². The van der Waals surface area contributed by atoms with Crippen LogP contribution in [0.5, 0.6) is 5.75 Å². The summed E-state index contributed by atoms with van der Waals surface area (Å²) in [4.78, 5) is 4.67. The highest BCUT2D eigenvalue weighted by molar-refractivity contribution is 6.32. The monoisotopic (exact) mass is 571 g/mol. The third kappa shape index (κ3) is 12.5. The maximum atomic E-state index is 6.54. The molecule has 0 bridgehead atoms. The Morgan fingerprint density at radius 3 is 1.93 bits per heavy atom. The molecule has 0 N–H and O–H groups in total. The third-order valence-corrected chi connectivity index (χ3v) is 8.27. The Bertz CT molecular complexity index is 911. The molecule has 1 aliphatic heterocycles. The Morgan fingerprint density at radius 1 is 0.750 bits per heavy atom. The summed E-state index contributed by atoms with van der Waals surface area (Å²) < 4.78 is 18.1. The fourth-order valence-electron chi connectivity index (χ4n) is 5.38. The van der Waals surface area contributed by atoms with Crippen LogP contribution in [0.15, 0.2) is 36.5 Å². The molecule has 2 aromatic rings. The zero-order valence-electron chi connectivity index (χ0n) is 25.3. The number of rotatable bonds is 21. The summed E-state index contributed by atoms with van der Waals surface area (Å²) in [6.45, 7) is 6.77. The van der Waals surface area contributed by atoms with E-state index in [0.29, 0.717) is 17.5 Å². The number of ether oxygens (including phenoxy) is 3. The molecule has 0 saturated carbocycles. The van der Waals surface area contributed by atoms with Gasteiger partial charge in [-0.25, -0.2) is 0 Å². The molecule has 0 radical (unpaired) electrons. The van der Waals surface area contributed by atoms with Crippen LogP contribution in [0, 0.1) is 5.92 Å². The molecule has 5 heteroatoms. The average molecular weight is 572 g/mol. The van der Waals surface area contributed by atoms with Gasteiger partial charge in [-0.05, 0) is 37.1 Å². The first-order valence-corrected chi connectivity index (χ1v) is 16.7. The van der Waals surface area contributed by atoms with E-state index in [0.717, 1.165) is 42.2 Å². The van der Waals surface area contributed by atoms with Gasteiger partial charge in [0.15, 0.2) is 6.29 Å². The molecule has 0 amide bonds. The number of hydrogen-bond acceptors (Lipinski definition) is 4. The lowest BCUT2D eigenvalue weighted by atomic mass is 10.0. The van der Waals surface area contributed by atoms with Crippen LogP contribution in [0.3, 0.4) is 0 Å². The predicted molar refractivity (Wildman–Crippen MR) is 168 cm³/mol. The minimum absolute atomic E-state index is 0.327. The van der Waals surface area contributed by atoms with Crippen LogP contribution < -0.4 is 4.74 Å². The molecule has 40 heavy (non-hydrogen) atoms. The summed E-state index contributed by atoms with van der Waals surface area (Å²) >= 11 is 6.54. The standard InChI is InChI=1S/C35H54ClNO3/c1-3-5-7-9-11-13-15-17-19-29-27-39-35(40-28-29)31-20-22-33(37-26-31)30-21-23-34(32(36)25-30)38-24-18-16-14-12-10-8-6-4-2/h20-23,25-26,29,35H,3-19,24,27-28H2,1-2H3. The number of aromatic nitrogens is 1. The van der Waals surface area contributed by atoms with E-state index in [1.165, 1.54) is 103 Å². The second-order valence-corrected chi connectivity index (χ2v) is 12.0. The van der Waals surface area contributed by atoms with Gasteiger partial charge in [-0.2, -0.15) is 0 Å². The molecular weight excluding hydrogens is 518 g/mol. The summed E-state index contributed by atoms with van der Waals surface area (Å²) in [5.74, 6) is 1.25. The second-order valence-electron chi connectivity index (χ2n) is 11.6. The minimum Gasteiger partial charge on any atom is -0.492 e. The Labute approximate surface area is 249 Å². The Balaban J connectivity index is 1.32. The van der Waals surface area contributed by atoms with Crippen LogP contribution in [0.25, 0.3) is 11.3 Å². The lowest BCUT2D eigenvalue weighted by Crippen LogP contribution is -2.27. The Hall–Kier alpha value is -1.62. The highest BCUT2D eigenvalue weighted by atomic mass is 35.5. The van der Waals surface area contributed by atoms with Crippen LogP contribution in [0.4, 0.5) is 0 Å². The number of hydrogen-bond donors (Lipinski definition) is 0. The van der Waals surface area contributed by atoms with Crippen molar-refractivity contribution in [2.24, 2.45) is 5.92 Å². The van der Waals surface area contributed by atoms with E-state index in [2.05, 4.69) is 18.8 Å². The quantitative estimate of drug-likeness (QED) is 0.140. The largest absolute Gasteiger partial charge is 0.492 e. The molecule has 2 heterocycles. The number of nitrogens with zero attached hydrogens (tertiary/aromatic N) is 1. The van der Waals surface area contributed by atoms with E-state index in [-0.39, 0.29) is 6.29 Å². The molecule has 3 rings (SSSR count). The van der Waals surface area contributed by atoms with Crippen LogP contribution in [0.2, 0.25) is 5.02 Å². The van der Waals surface area contributed by atoms with Crippen molar-refractivity contribution in [3.05, 3.63) is 47.1 Å². The van der Waals surface area contributed by atoms with E-state index in [1.807, 2.05) is 36.5 Å². The zero-order chi connectivity index (χ0) is 28.3. The van der Waals surface area contributed by atoms with Crippen molar-refractivity contribution < 1.29 is 14.2 Å². The molecule has 1 aromatic carbocycles. The van der Waals surface area contributed by atoms with Gasteiger partial charge in [0.1, 0.15) is 5.75 Å². The molecular formula is C35H54ClNO3. The summed E-state index contributed by atoms with van der Waals surface area (Å²) in [6.07, 6.45) is 23.9. The topological polar surface area (TPSA) is 40.6 Å². The SMILES string of the molecule is CCCCCCCCCCOc1ccc(-c2ccc(C3OCC(CCCCCCCCCC)CO3)cn2)cc1Cl. The first-order chi connectivity index (χ1) is 19.7. The average Bonchev–Trinajstić information content (AvgIpc) is 2.99. The first kappa shape index (κ1) is 32.9. The lowest BCUT2D eigenvalue weighted by molar-refractivity contribution is -0.206. The molecule has 224 valence electrons. The normalized spacial score (nSPS) is 17.3. The fraction of sp³-hybridized carbons (Fsp3) is 0.686. The van der Waals surface area contributed by atoms with Gasteiger partial charge in [-0.1, -0.05) is 128 Å². The summed E-state index contributed by atoms with van der Waals surface area (Å²) in [6, 6.07) is 9.99. The van der Waals surface area contributed by atoms with Gasteiger partial charge in [-0.3, -0.25) is 4.98 Å². The Kier molecular flexibility index (Phi) is 16.7. The van der Waals surface area contributed by atoms with Gasteiger partial charge in [-0.15, -0.1) is 0 Å². The number of halogens is 1. The number of pyridine rings is 1. The van der Waals surface area contributed by atoms with E-state index >= 15 is 0 Å². The minimum atomic E-state index is -0.327. The van der Waals surface area contributed by atoms with Crippen LogP contribution in [-0.4, -0.2) is 24.8 Å². The lowest BCUT2D eigenvalue weighted by Gasteiger charge is -2.29. The molecule has 0 aliphatic carbocycles. The summed E-state index contributed by atoms with van der Waals surface area (Å²) in [7, 11) is 0. The van der Waals surface area contributed by atoms with E-state index < -0.39 is 0 Å². The van der Waals surface area contributed by atoms with Crippen molar-refractivity contribution in [3.8, 4) is 17.0 Å². The van der Waals surface area contributed by atoms with Gasteiger partial charge in [0.2, 0.25) is 0 Å². The molecule has 0 spiro atoms. The molecule has 1 saturated heterocycles. The van der Waals surface area contributed by atoms with Crippen molar-refractivity contribution in [2.45, 2.75) is 129 Å². The van der Waals surface area contributed by atoms with Gasteiger partial charge in [0.25, 0.3) is 0 Å². The van der Waals surface area contributed by atoms with Gasteiger partial charge in [0.05, 0.1) is 30.5 Å². The maximum Gasteiger partial charge on any atom is 0.185 e. The smallest absolute Gasteiger partial charge is 0.185 e. The number of unbranched alkanes of at least 4 members (excludes halogenated alkanes) is 14. The second kappa shape index (κ2) is 20.3. The van der Waals surface area contributed by atoms with E-state index in [4.69, 9.17) is 25.8 Å². The van der Waals surface area contributed by atoms with Crippen molar-refractivity contribution in [2.75, 3.05) is 19.8 Å². The Morgan fingerprint density at radius 2 is 1.35 bits per heavy atom. The van der Waals surface area contributed by atoms with Gasteiger partial charge >= 0.3 is 0 Å². The van der Waals surface area contributed by atoms with Crippen molar-refractivity contribution >= 4 is 11.6 Å². The molecule has 0 atom stereocenters. The molecule has 4 nitrogen and oxygen atoms in total. The van der Waals surface area contributed by atoms with Crippen LogP contribution >= 0.6 is 11.6 Å². The van der Waals surface area contributed by atoms with Crippen molar-refractivity contribution in [1.29, 1.82) is 0 Å². The summed E-state index contributed by atoms with van der Waals surface area (Å²) in [5.41, 5.74) is 2.82. The maximum absolute atomic E-state index is 6.54. The highest BCUT2D eigenvalue weighted by Gasteiger charge is 2.23. The van der Waals surface area contributed by atoms with Crippen LogP contribution in [-0.2, 0) is 9.47 Å². The third-order valence-electron chi connectivity index (χ3n) is 7.97. The molecule has 1 fully saturated rings. The highest BCUT2D eigenvalue weighted by Crippen LogP contribution is 2.32. The van der Waals surface area contributed by atoms with E-state index in [1.54, 1.807) is 0 Å². The molecule has 1 aromatic heterocycles. The first-order valence-electron chi connectivity index (χ1n) is 16.3. The van der Waals surface area contributed by atoms with Crippen molar-refractivity contribution in [3.63, 3.8) is 0 Å². The van der Waals surface area contributed by atoms with Crippen molar-refractivity contribution in [1.82, 2.24) is 4.98 Å². The van der Waals surface area contributed by atoms with E-state index in [9.17, 15) is 0 Å². The molecule has 1 aliphatic rings. The zero-order valence-corrected chi connectivity index (χ0v) is 26.1. The molecule has 0 unspecified atom stereocenters. The van der Waals surface area contributed by atoms with Gasteiger partial charge < -0.3 is 14.2 Å². The fourth-order valence-corrected chi connectivity index (χ4v) is 5.62. The number of benzene rings is 1. The summed E-state index contributed by atoms with van der Waals surface area (Å²) in [5, 5.41) is 0.629.